The van der Waals surface area contributed by atoms with E-state index >= 15 is 0 Å². The number of hydrogen-bond donors (Lipinski definition) is 0. The Bertz CT molecular complexity index is 497. The normalized spacial score (nSPS) is 9.67. The zero-order valence-corrected chi connectivity index (χ0v) is 9.84. The fourth-order valence-electron chi connectivity index (χ4n) is 1.46. The lowest BCUT2D eigenvalue weighted by Crippen LogP contribution is -2.09. The Morgan fingerprint density at radius 1 is 1.44 bits per heavy atom. The van der Waals surface area contributed by atoms with Crippen LogP contribution in [-0.4, -0.2) is 31.4 Å². The molecule has 0 heterocycles. The minimum Gasteiger partial charge on any atom is -0.496 e. The second-order valence-corrected chi connectivity index (χ2v) is 3.35. The molecule has 1 aromatic carbocycles. The predicted octanol–water partition coefficient (Wildman–Crippen LogP) is 1.13. The topological polar surface area (TPSA) is 95.7 Å². The van der Waals surface area contributed by atoms with E-state index in [0.29, 0.717) is 6.29 Å². The molecule has 0 bridgehead atoms. The van der Waals surface area contributed by atoms with Gasteiger partial charge in [-0.25, -0.2) is 0 Å². The zero-order valence-electron chi connectivity index (χ0n) is 9.84. The third kappa shape index (κ3) is 2.82. The largest absolute Gasteiger partial charge is 0.496 e. The molecule has 1 rings (SSSR count). The number of nitro benzene ring substituents is 1. The van der Waals surface area contributed by atoms with Crippen LogP contribution in [0, 0.1) is 10.1 Å². The SMILES string of the molecule is COC(=O)Cc1c(OC)cc(C=O)cc1[N+](=O)[O-]. The van der Waals surface area contributed by atoms with Gasteiger partial charge >= 0.3 is 5.97 Å². The van der Waals surface area contributed by atoms with Gasteiger partial charge in [-0.15, -0.1) is 0 Å². The summed E-state index contributed by atoms with van der Waals surface area (Å²) in [6.45, 7) is 0. The molecule has 0 radical (unpaired) electrons. The van der Waals surface area contributed by atoms with Crippen molar-refractivity contribution >= 4 is 17.9 Å². The standard InChI is InChI=1S/C11H11NO6/c1-17-10-4-7(6-13)3-9(12(15)16)8(10)5-11(14)18-2/h3-4,6H,5H2,1-2H3. The van der Waals surface area contributed by atoms with Crippen LogP contribution < -0.4 is 4.74 Å². The summed E-state index contributed by atoms with van der Waals surface area (Å²) in [6.07, 6.45) is 0.173. The Kier molecular flexibility index (Phi) is 4.36. The Balaban J connectivity index is 3.39. The van der Waals surface area contributed by atoms with Gasteiger partial charge in [-0.3, -0.25) is 19.7 Å². The zero-order chi connectivity index (χ0) is 13.7. The van der Waals surface area contributed by atoms with Crippen molar-refractivity contribution in [2.24, 2.45) is 0 Å². The van der Waals surface area contributed by atoms with Crippen molar-refractivity contribution in [3.05, 3.63) is 33.4 Å². The van der Waals surface area contributed by atoms with E-state index in [1.807, 2.05) is 0 Å². The minimum atomic E-state index is -0.673. The number of ether oxygens (including phenoxy) is 2. The van der Waals surface area contributed by atoms with E-state index in [4.69, 9.17) is 4.74 Å². The summed E-state index contributed by atoms with van der Waals surface area (Å²) in [5, 5.41) is 10.9. The van der Waals surface area contributed by atoms with Gasteiger partial charge in [-0.1, -0.05) is 0 Å². The third-order valence-electron chi connectivity index (χ3n) is 2.31. The minimum absolute atomic E-state index is 0.0833. The second kappa shape index (κ2) is 5.76. The van der Waals surface area contributed by atoms with Crippen LogP contribution in [-0.2, 0) is 16.0 Å². The number of nitrogens with zero attached hydrogens (tertiary/aromatic N) is 1. The van der Waals surface area contributed by atoms with Gasteiger partial charge in [0.15, 0.2) is 0 Å². The van der Waals surface area contributed by atoms with Crippen molar-refractivity contribution < 1.29 is 24.0 Å². The summed E-state index contributed by atoms with van der Waals surface area (Å²) in [7, 11) is 2.48. The first kappa shape index (κ1) is 13.6. The molecule has 0 amide bonds. The molecule has 0 fully saturated rings. The lowest BCUT2D eigenvalue weighted by Gasteiger charge is -2.09. The summed E-state index contributed by atoms with van der Waals surface area (Å²) in [5.74, 6) is -0.521. The number of nitro groups is 1. The summed E-state index contributed by atoms with van der Waals surface area (Å²) in [6, 6.07) is 2.42. The van der Waals surface area contributed by atoms with E-state index < -0.39 is 10.9 Å². The van der Waals surface area contributed by atoms with Crippen molar-refractivity contribution in [1.82, 2.24) is 0 Å². The van der Waals surface area contributed by atoms with Gasteiger partial charge < -0.3 is 9.47 Å². The number of methoxy groups -OCH3 is 2. The van der Waals surface area contributed by atoms with Crippen LogP contribution in [0.1, 0.15) is 15.9 Å². The van der Waals surface area contributed by atoms with Gasteiger partial charge in [0.25, 0.3) is 5.69 Å². The lowest BCUT2D eigenvalue weighted by atomic mass is 10.1. The summed E-state index contributed by atoms with van der Waals surface area (Å²) >= 11 is 0. The number of carbonyl (C=O) groups excluding carboxylic acids is 2. The highest BCUT2D eigenvalue weighted by atomic mass is 16.6. The number of carbonyl (C=O) groups is 2. The predicted molar refractivity (Wildman–Crippen MR) is 60.8 cm³/mol. The first-order chi connectivity index (χ1) is 8.53. The van der Waals surface area contributed by atoms with Crippen molar-refractivity contribution in [3.63, 3.8) is 0 Å². The number of esters is 1. The molecular formula is C11H11NO6. The molecule has 0 unspecified atom stereocenters. The molecule has 0 spiro atoms. The third-order valence-corrected chi connectivity index (χ3v) is 2.31. The second-order valence-electron chi connectivity index (χ2n) is 3.35. The Hall–Kier alpha value is -2.44. The Morgan fingerprint density at radius 3 is 2.56 bits per heavy atom. The Morgan fingerprint density at radius 2 is 2.11 bits per heavy atom. The van der Waals surface area contributed by atoms with Gasteiger partial charge in [-0.2, -0.15) is 0 Å². The van der Waals surface area contributed by atoms with Crippen LogP contribution in [0.5, 0.6) is 5.75 Å². The van der Waals surface area contributed by atoms with E-state index in [-0.39, 0.29) is 29.0 Å². The highest BCUT2D eigenvalue weighted by Crippen LogP contribution is 2.30. The van der Waals surface area contributed by atoms with Gasteiger partial charge in [0, 0.05) is 11.6 Å². The molecule has 7 heteroatoms. The maximum atomic E-state index is 11.2. The summed E-state index contributed by atoms with van der Waals surface area (Å²) in [5.41, 5.74) is -0.158. The number of aldehydes is 1. The fraction of sp³-hybridized carbons (Fsp3) is 0.273. The molecule has 0 aliphatic heterocycles. The van der Waals surface area contributed by atoms with Crippen LogP contribution in [0.15, 0.2) is 12.1 Å². The monoisotopic (exact) mass is 253 g/mol. The highest BCUT2D eigenvalue weighted by molar-refractivity contribution is 5.81. The van der Waals surface area contributed by atoms with Crippen molar-refractivity contribution in [2.75, 3.05) is 14.2 Å². The number of benzene rings is 1. The van der Waals surface area contributed by atoms with Crippen LogP contribution in [0.2, 0.25) is 0 Å². The molecule has 0 aliphatic carbocycles. The van der Waals surface area contributed by atoms with Crippen LogP contribution >= 0.6 is 0 Å². The lowest BCUT2D eigenvalue weighted by molar-refractivity contribution is -0.385. The molecule has 96 valence electrons. The Labute approximate surface area is 102 Å². The first-order valence-corrected chi connectivity index (χ1v) is 4.90. The van der Waals surface area contributed by atoms with Gasteiger partial charge in [0.05, 0.1) is 31.1 Å². The maximum absolute atomic E-state index is 11.2. The number of hydrogen-bond acceptors (Lipinski definition) is 6. The smallest absolute Gasteiger partial charge is 0.310 e. The van der Waals surface area contributed by atoms with E-state index in [1.54, 1.807) is 0 Å². The van der Waals surface area contributed by atoms with Crippen molar-refractivity contribution in [2.45, 2.75) is 6.42 Å². The molecular weight excluding hydrogens is 242 g/mol. The summed E-state index contributed by atoms with van der Waals surface area (Å²) in [4.78, 5) is 32.1. The van der Waals surface area contributed by atoms with Gasteiger partial charge in [-0.05, 0) is 6.07 Å². The number of rotatable bonds is 5. The van der Waals surface area contributed by atoms with Crippen LogP contribution in [0.4, 0.5) is 5.69 Å². The van der Waals surface area contributed by atoms with Crippen LogP contribution in [0.25, 0.3) is 0 Å². The van der Waals surface area contributed by atoms with E-state index in [2.05, 4.69) is 4.74 Å². The van der Waals surface area contributed by atoms with Crippen molar-refractivity contribution in [3.8, 4) is 5.75 Å². The van der Waals surface area contributed by atoms with E-state index in [0.717, 1.165) is 6.07 Å². The van der Waals surface area contributed by atoms with Gasteiger partial charge in [0.1, 0.15) is 12.0 Å². The molecule has 0 saturated heterocycles. The molecule has 0 N–H and O–H groups in total. The van der Waals surface area contributed by atoms with E-state index in [1.165, 1.54) is 20.3 Å². The molecule has 1 aromatic rings. The molecule has 7 nitrogen and oxygen atoms in total. The average molecular weight is 253 g/mol. The fourth-order valence-corrected chi connectivity index (χ4v) is 1.46. The summed E-state index contributed by atoms with van der Waals surface area (Å²) < 4.78 is 9.41. The maximum Gasteiger partial charge on any atom is 0.310 e. The van der Waals surface area contributed by atoms with Gasteiger partial charge in [0.2, 0.25) is 0 Å². The quantitative estimate of drug-likeness (QED) is 0.338. The van der Waals surface area contributed by atoms with Crippen molar-refractivity contribution in [1.29, 1.82) is 0 Å². The molecule has 18 heavy (non-hydrogen) atoms. The van der Waals surface area contributed by atoms with Crippen LogP contribution in [0.3, 0.4) is 0 Å². The average Bonchev–Trinajstić information content (AvgIpc) is 2.38. The van der Waals surface area contributed by atoms with E-state index in [9.17, 15) is 19.7 Å². The molecule has 0 atom stereocenters. The molecule has 0 aliphatic rings. The first-order valence-electron chi connectivity index (χ1n) is 4.90. The molecule has 0 aromatic heterocycles. The highest BCUT2D eigenvalue weighted by Gasteiger charge is 2.23. The molecule has 0 saturated carbocycles.